The third-order valence-corrected chi connectivity index (χ3v) is 7.06. The van der Waals surface area contributed by atoms with Gasteiger partial charge in [-0.15, -0.1) is 0 Å². The first-order valence-electron chi connectivity index (χ1n) is 12.9. The quantitative estimate of drug-likeness (QED) is 0.348. The van der Waals surface area contributed by atoms with Crippen LogP contribution in [0.5, 0.6) is 11.5 Å². The summed E-state index contributed by atoms with van der Waals surface area (Å²) < 4.78 is 15.3. The van der Waals surface area contributed by atoms with Gasteiger partial charge in [0.05, 0.1) is 20.3 Å². The van der Waals surface area contributed by atoms with Gasteiger partial charge in [0, 0.05) is 62.0 Å². The van der Waals surface area contributed by atoms with Crippen LogP contribution in [0.2, 0.25) is 0 Å². The van der Waals surface area contributed by atoms with Crippen LogP contribution in [0.4, 0.5) is 0 Å². The molecule has 1 aliphatic rings. The average molecular weight is 516 g/mol. The highest BCUT2D eigenvalue weighted by molar-refractivity contribution is 5.77. The molecule has 0 saturated carbocycles. The van der Waals surface area contributed by atoms with Crippen LogP contribution in [0.15, 0.2) is 73.3 Å². The third kappa shape index (κ3) is 5.89. The summed E-state index contributed by atoms with van der Waals surface area (Å²) >= 11 is 0. The van der Waals surface area contributed by atoms with E-state index in [1.165, 1.54) is 12.7 Å². The molecule has 1 fully saturated rings. The third-order valence-electron chi connectivity index (χ3n) is 7.06. The Morgan fingerprint density at radius 2 is 1.76 bits per heavy atom. The Morgan fingerprint density at radius 3 is 2.53 bits per heavy atom. The number of imidazole rings is 2. The van der Waals surface area contributed by atoms with Crippen molar-refractivity contribution >= 4 is 5.91 Å². The predicted molar refractivity (Wildman–Crippen MR) is 142 cm³/mol. The van der Waals surface area contributed by atoms with Gasteiger partial charge in [0.1, 0.15) is 23.1 Å². The average Bonchev–Trinajstić information content (AvgIpc) is 3.61. The first-order chi connectivity index (χ1) is 18.6. The number of carbonyl (C=O) groups excluding carboxylic acids is 1. The smallest absolute Gasteiger partial charge is 0.260 e. The van der Waals surface area contributed by atoms with Crippen molar-refractivity contribution in [1.82, 2.24) is 24.0 Å². The Morgan fingerprint density at radius 1 is 1.00 bits per heavy atom. The van der Waals surface area contributed by atoms with E-state index in [4.69, 9.17) is 9.47 Å². The summed E-state index contributed by atoms with van der Waals surface area (Å²) in [7, 11) is 1.54. The van der Waals surface area contributed by atoms with Gasteiger partial charge in [-0.25, -0.2) is 9.97 Å². The normalized spacial score (nSPS) is 14.0. The minimum absolute atomic E-state index is 0.0367. The fourth-order valence-electron chi connectivity index (χ4n) is 4.95. The molecule has 4 aromatic rings. The van der Waals surface area contributed by atoms with Gasteiger partial charge in [0.15, 0.2) is 6.61 Å². The number of hydrogen-bond acceptors (Lipinski definition) is 6. The Kier molecular flexibility index (Phi) is 8.04. The van der Waals surface area contributed by atoms with E-state index in [0.717, 1.165) is 31.0 Å². The van der Waals surface area contributed by atoms with Crippen LogP contribution in [0.3, 0.4) is 0 Å². The molecule has 0 spiro atoms. The molecule has 1 N–H and O–H groups in total. The van der Waals surface area contributed by atoms with Crippen molar-refractivity contribution in [1.29, 1.82) is 0 Å². The molecule has 198 valence electrons. The Hall–Kier alpha value is -4.11. The standard InChI is InChI=1S/C29H33N5O4/c1-37-26-17-25(8-7-24(26)20-35)38-21-28(36)32-13-9-23(10-14-32)29-31-12-16-34(29)19-27-30-11-15-33(27)18-22-5-3-2-4-6-22/h2-8,11-12,15-17,23,35H,9-10,13-14,18-21H2,1H3. The number of methoxy groups -OCH3 is 1. The van der Waals surface area contributed by atoms with Crippen LogP contribution >= 0.6 is 0 Å². The molecule has 9 heteroatoms. The summed E-state index contributed by atoms with van der Waals surface area (Å²) in [5.74, 6) is 3.34. The van der Waals surface area contributed by atoms with Gasteiger partial charge in [-0.1, -0.05) is 30.3 Å². The molecule has 1 amide bonds. The van der Waals surface area contributed by atoms with E-state index >= 15 is 0 Å². The van der Waals surface area contributed by atoms with E-state index in [1.807, 2.05) is 35.8 Å². The molecular formula is C29H33N5O4. The van der Waals surface area contributed by atoms with E-state index in [0.29, 0.717) is 36.7 Å². The summed E-state index contributed by atoms with van der Waals surface area (Å²) in [6, 6.07) is 15.5. The number of likely N-dealkylation sites (tertiary alicyclic amines) is 1. The van der Waals surface area contributed by atoms with Crippen LogP contribution in [0.25, 0.3) is 0 Å². The van der Waals surface area contributed by atoms with Gasteiger partial charge in [0.25, 0.3) is 5.91 Å². The highest BCUT2D eigenvalue weighted by Crippen LogP contribution is 2.28. The summed E-state index contributed by atoms with van der Waals surface area (Å²) in [5, 5.41) is 9.37. The second kappa shape index (κ2) is 12.0. The maximum Gasteiger partial charge on any atom is 0.260 e. The molecule has 0 atom stereocenters. The Labute approximate surface area is 222 Å². The zero-order valence-corrected chi connectivity index (χ0v) is 21.6. The Bertz CT molecular complexity index is 1340. The first-order valence-corrected chi connectivity index (χ1v) is 12.9. The zero-order chi connectivity index (χ0) is 26.3. The van der Waals surface area contributed by atoms with Gasteiger partial charge in [0.2, 0.25) is 0 Å². The van der Waals surface area contributed by atoms with E-state index < -0.39 is 0 Å². The number of benzene rings is 2. The molecule has 0 aliphatic carbocycles. The molecule has 0 radical (unpaired) electrons. The molecule has 3 heterocycles. The topological polar surface area (TPSA) is 94.6 Å². The number of piperidine rings is 1. The molecular weight excluding hydrogens is 482 g/mol. The lowest BCUT2D eigenvalue weighted by atomic mass is 9.96. The van der Waals surface area contributed by atoms with Crippen LogP contribution < -0.4 is 9.47 Å². The summed E-state index contributed by atoms with van der Waals surface area (Å²) in [5.41, 5.74) is 1.91. The molecule has 1 aliphatic heterocycles. The number of carbonyl (C=O) groups is 1. The van der Waals surface area contributed by atoms with Gasteiger partial charge in [-0.2, -0.15) is 0 Å². The van der Waals surface area contributed by atoms with Crippen molar-refractivity contribution in [2.45, 2.75) is 38.5 Å². The summed E-state index contributed by atoms with van der Waals surface area (Å²) in [6.07, 6.45) is 9.42. The van der Waals surface area contributed by atoms with E-state index in [9.17, 15) is 9.90 Å². The number of aromatic nitrogens is 4. The van der Waals surface area contributed by atoms with E-state index in [1.54, 1.807) is 18.2 Å². The molecule has 2 aromatic carbocycles. The number of nitrogens with zero attached hydrogens (tertiary/aromatic N) is 5. The van der Waals surface area contributed by atoms with Crippen LogP contribution in [0, 0.1) is 0 Å². The van der Waals surface area contributed by atoms with E-state index in [2.05, 4.69) is 43.4 Å². The number of rotatable bonds is 10. The van der Waals surface area contributed by atoms with Crippen molar-refractivity contribution in [2.75, 3.05) is 26.8 Å². The number of ether oxygens (including phenoxy) is 2. The zero-order valence-electron chi connectivity index (χ0n) is 21.6. The predicted octanol–water partition coefficient (Wildman–Crippen LogP) is 3.46. The summed E-state index contributed by atoms with van der Waals surface area (Å²) in [6.45, 7) is 2.60. The summed E-state index contributed by atoms with van der Waals surface area (Å²) in [4.78, 5) is 23.9. The van der Waals surface area contributed by atoms with Crippen molar-refractivity contribution in [2.24, 2.45) is 0 Å². The maximum atomic E-state index is 12.8. The number of aliphatic hydroxyl groups excluding tert-OH is 1. The van der Waals surface area contributed by atoms with Gasteiger partial charge in [-0.05, 0) is 30.5 Å². The minimum atomic E-state index is -0.119. The maximum absolute atomic E-state index is 12.8. The highest BCUT2D eigenvalue weighted by Gasteiger charge is 2.27. The van der Waals surface area contributed by atoms with Gasteiger partial charge in [-0.3, -0.25) is 4.79 Å². The van der Waals surface area contributed by atoms with Crippen LogP contribution in [0.1, 0.15) is 41.5 Å². The second-order valence-electron chi connectivity index (χ2n) is 9.45. The SMILES string of the molecule is COc1cc(OCC(=O)N2CCC(c3nccn3Cc3nccn3Cc3ccccc3)CC2)ccc1CO. The monoisotopic (exact) mass is 515 g/mol. The fourth-order valence-corrected chi connectivity index (χ4v) is 4.95. The first kappa shape index (κ1) is 25.5. The largest absolute Gasteiger partial charge is 0.496 e. The Balaban J connectivity index is 1.15. The minimum Gasteiger partial charge on any atom is -0.496 e. The molecule has 0 unspecified atom stereocenters. The van der Waals surface area contributed by atoms with Crippen LogP contribution in [-0.2, 0) is 24.5 Å². The second-order valence-corrected chi connectivity index (χ2v) is 9.45. The molecule has 9 nitrogen and oxygen atoms in total. The van der Waals surface area contributed by atoms with Crippen molar-refractivity contribution in [3.63, 3.8) is 0 Å². The highest BCUT2D eigenvalue weighted by atomic mass is 16.5. The molecule has 1 saturated heterocycles. The lowest BCUT2D eigenvalue weighted by Gasteiger charge is -2.32. The van der Waals surface area contributed by atoms with Crippen molar-refractivity contribution in [3.05, 3.63) is 96.1 Å². The number of aliphatic hydroxyl groups is 1. The van der Waals surface area contributed by atoms with Crippen LogP contribution in [-0.4, -0.2) is 61.8 Å². The van der Waals surface area contributed by atoms with Gasteiger partial charge < -0.3 is 28.6 Å². The van der Waals surface area contributed by atoms with Crippen molar-refractivity contribution in [3.8, 4) is 11.5 Å². The lowest BCUT2D eigenvalue weighted by molar-refractivity contribution is -0.134. The van der Waals surface area contributed by atoms with E-state index in [-0.39, 0.29) is 25.0 Å². The molecule has 5 rings (SSSR count). The molecule has 2 aromatic heterocycles. The number of amides is 1. The molecule has 38 heavy (non-hydrogen) atoms. The molecule has 0 bridgehead atoms. The number of hydrogen-bond donors (Lipinski definition) is 1. The lowest BCUT2D eigenvalue weighted by Crippen LogP contribution is -2.40. The fraction of sp³-hybridized carbons (Fsp3) is 0.345. The van der Waals surface area contributed by atoms with Crippen molar-refractivity contribution < 1.29 is 19.4 Å². The van der Waals surface area contributed by atoms with Gasteiger partial charge >= 0.3 is 0 Å².